The molecule has 0 aromatic heterocycles. The average Bonchev–Trinajstić information content (AvgIpc) is 2.01. The standard InChI is InChI=1S/C13H20O.CH4/c1-10(2)11-7-6-8-12(9-11)14-13(3,4)5;/h6-10H,1-5H3;1H4. The Kier molecular flexibility index (Phi) is 4.86. The molecule has 0 bridgehead atoms. The maximum Gasteiger partial charge on any atom is 0.120 e. The number of hydrogen-bond donors (Lipinski definition) is 0. The Balaban J connectivity index is 0.00000196. The third-order valence-corrected chi connectivity index (χ3v) is 1.95. The molecule has 1 heteroatoms. The van der Waals surface area contributed by atoms with Gasteiger partial charge in [-0.3, -0.25) is 0 Å². The van der Waals surface area contributed by atoms with Crippen LogP contribution in [0.4, 0.5) is 0 Å². The van der Waals surface area contributed by atoms with Crippen LogP contribution in [0.2, 0.25) is 0 Å². The predicted octanol–water partition coefficient (Wildman–Crippen LogP) is 4.62. The van der Waals surface area contributed by atoms with Crippen LogP contribution in [-0.2, 0) is 0 Å². The molecule has 0 fully saturated rings. The summed E-state index contributed by atoms with van der Waals surface area (Å²) in [4.78, 5) is 0. The van der Waals surface area contributed by atoms with Gasteiger partial charge in [0, 0.05) is 0 Å². The van der Waals surface area contributed by atoms with E-state index >= 15 is 0 Å². The molecule has 0 spiro atoms. The molecular weight excluding hydrogens is 184 g/mol. The van der Waals surface area contributed by atoms with Crippen LogP contribution in [0.1, 0.15) is 53.5 Å². The van der Waals surface area contributed by atoms with E-state index in [2.05, 4.69) is 52.8 Å². The summed E-state index contributed by atoms with van der Waals surface area (Å²) < 4.78 is 5.79. The first-order chi connectivity index (χ1) is 6.38. The summed E-state index contributed by atoms with van der Waals surface area (Å²) in [5.41, 5.74) is 1.21. The van der Waals surface area contributed by atoms with Gasteiger partial charge in [0.15, 0.2) is 0 Å². The van der Waals surface area contributed by atoms with Crippen molar-refractivity contribution in [3.05, 3.63) is 29.8 Å². The van der Waals surface area contributed by atoms with Crippen molar-refractivity contribution in [1.82, 2.24) is 0 Å². The van der Waals surface area contributed by atoms with Crippen LogP contribution in [0.5, 0.6) is 5.75 Å². The zero-order valence-corrected chi connectivity index (χ0v) is 9.79. The lowest BCUT2D eigenvalue weighted by molar-refractivity contribution is 0.131. The van der Waals surface area contributed by atoms with E-state index in [9.17, 15) is 0 Å². The van der Waals surface area contributed by atoms with Crippen LogP contribution < -0.4 is 4.74 Å². The van der Waals surface area contributed by atoms with Gasteiger partial charge in [-0.1, -0.05) is 33.4 Å². The Labute approximate surface area is 94.5 Å². The maximum absolute atomic E-state index is 5.79. The summed E-state index contributed by atoms with van der Waals surface area (Å²) in [6, 6.07) is 8.32. The monoisotopic (exact) mass is 208 g/mol. The first-order valence-electron chi connectivity index (χ1n) is 5.17. The van der Waals surface area contributed by atoms with E-state index < -0.39 is 0 Å². The van der Waals surface area contributed by atoms with Gasteiger partial charge in [0.1, 0.15) is 11.4 Å². The molecule has 0 aliphatic heterocycles. The molecule has 0 aliphatic carbocycles. The topological polar surface area (TPSA) is 9.23 Å². The van der Waals surface area contributed by atoms with Crippen molar-refractivity contribution in [2.45, 2.75) is 53.6 Å². The second kappa shape index (κ2) is 5.20. The molecule has 0 unspecified atom stereocenters. The highest BCUT2D eigenvalue weighted by atomic mass is 16.5. The van der Waals surface area contributed by atoms with Crippen LogP contribution in [0.3, 0.4) is 0 Å². The summed E-state index contributed by atoms with van der Waals surface area (Å²) in [6.07, 6.45) is 0. The average molecular weight is 208 g/mol. The number of rotatable bonds is 2. The normalized spacial score (nSPS) is 11.1. The smallest absolute Gasteiger partial charge is 0.120 e. The first-order valence-corrected chi connectivity index (χ1v) is 5.17. The lowest BCUT2D eigenvalue weighted by Gasteiger charge is -2.22. The summed E-state index contributed by atoms with van der Waals surface area (Å²) in [6.45, 7) is 10.6. The van der Waals surface area contributed by atoms with Gasteiger partial charge in [0.05, 0.1) is 0 Å². The highest BCUT2D eigenvalue weighted by Gasteiger charge is 2.11. The van der Waals surface area contributed by atoms with Gasteiger partial charge in [-0.05, 0) is 44.4 Å². The molecule has 15 heavy (non-hydrogen) atoms. The summed E-state index contributed by atoms with van der Waals surface area (Å²) in [5.74, 6) is 1.52. The van der Waals surface area contributed by atoms with Crippen molar-refractivity contribution in [3.8, 4) is 5.75 Å². The zero-order valence-electron chi connectivity index (χ0n) is 9.79. The molecule has 1 nitrogen and oxygen atoms in total. The number of hydrogen-bond acceptors (Lipinski definition) is 1. The van der Waals surface area contributed by atoms with E-state index in [1.165, 1.54) is 5.56 Å². The Morgan fingerprint density at radius 2 is 1.73 bits per heavy atom. The third-order valence-electron chi connectivity index (χ3n) is 1.95. The molecule has 0 heterocycles. The molecule has 1 rings (SSSR count). The van der Waals surface area contributed by atoms with Gasteiger partial charge in [0.25, 0.3) is 0 Å². The van der Waals surface area contributed by atoms with Crippen molar-refractivity contribution in [2.24, 2.45) is 0 Å². The first kappa shape index (κ1) is 14.0. The summed E-state index contributed by atoms with van der Waals surface area (Å²) in [7, 11) is 0. The highest BCUT2D eigenvalue weighted by molar-refractivity contribution is 5.30. The van der Waals surface area contributed by atoms with Gasteiger partial charge in [-0.25, -0.2) is 0 Å². The molecule has 0 atom stereocenters. The quantitative estimate of drug-likeness (QED) is 0.689. The summed E-state index contributed by atoms with van der Waals surface area (Å²) >= 11 is 0. The van der Waals surface area contributed by atoms with Crippen molar-refractivity contribution in [1.29, 1.82) is 0 Å². The molecule has 0 N–H and O–H groups in total. The molecule has 0 aliphatic rings. The van der Waals surface area contributed by atoms with Crippen LogP contribution in [0.15, 0.2) is 24.3 Å². The molecule has 1 aromatic carbocycles. The van der Waals surface area contributed by atoms with E-state index in [4.69, 9.17) is 4.74 Å². The predicted molar refractivity (Wildman–Crippen MR) is 67.6 cm³/mol. The van der Waals surface area contributed by atoms with E-state index in [-0.39, 0.29) is 13.0 Å². The highest BCUT2D eigenvalue weighted by Crippen LogP contribution is 2.23. The molecular formula is C14H24O. The fourth-order valence-electron chi connectivity index (χ4n) is 1.29. The fourth-order valence-corrected chi connectivity index (χ4v) is 1.29. The molecule has 0 saturated carbocycles. The maximum atomic E-state index is 5.79. The van der Waals surface area contributed by atoms with Crippen molar-refractivity contribution < 1.29 is 4.74 Å². The van der Waals surface area contributed by atoms with Crippen molar-refractivity contribution >= 4 is 0 Å². The molecule has 0 saturated heterocycles. The van der Waals surface area contributed by atoms with Crippen LogP contribution >= 0.6 is 0 Å². The van der Waals surface area contributed by atoms with Gasteiger partial charge in [-0.2, -0.15) is 0 Å². The second-order valence-corrected chi connectivity index (χ2v) is 4.94. The van der Waals surface area contributed by atoms with Gasteiger partial charge in [0.2, 0.25) is 0 Å². The Hall–Kier alpha value is -0.980. The second-order valence-electron chi connectivity index (χ2n) is 4.94. The van der Waals surface area contributed by atoms with E-state index in [0.29, 0.717) is 5.92 Å². The minimum absolute atomic E-state index is 0. The number of ether oxygens (including phenoxy) is 1. The third kappa shape index (κ3) is 4.87. The van der Waals surface area contributed by atoms with Crippen LogP contribution in [0.25, 0.3) is 0 Å². The van der Waals surface area contributed by atoms with Crippen LogP contribution in [0, 0.1) is 0 Å². The van der Waals surface area contributed by atoms with E-state index in [0.717, 1.165) is 5.75 Å². The van der Waals surface area contributed by atoms with Gasteiger partial charge < -0.3 is 4.74 Å². The lowest BCUT2D eigenvalue weighted by atomic mass is 10.0. The van der Waals surface area contributed by atoms with Gasteiger partial charge in [-0.15, -0.1) is 0 Å². The van der Waals surface area contributed by atoms with Crippen molar-refractivity contribution in [2.75, 3.05) is 0 Å². The minimum atomic E-state index is -0.115. The Morgan fingerprint density at radius 1 is 1.13 bits per heavy atom. The SMILES string of the molecule is C.CC(C)c1cccc(OC(C)(C)C)c1. The fraction of sp³-hybridized carbons (Fsp3) is 0.571. The summed E-state index contributed by atoms with van der Waals surface area (Å²) in [5, 5.41) is 0. The lowest BCUT2D eigenvalue weighted by Crippen LogP contribution is -2.22. The molecule has 0 radical (unpaired) electrons. The Morgan fingerprint density at radius 3 is 2.20 bits per heavy atom. The molecule has 86 valence electrons. The van der Waals surface area contributed by atoms with E-state index in [1.54, 1.807) is 0 Å². The zero-order chi connectivity index (χ0) is 10.8. The molecule has 1 aromatic rings. The minimum Gasteiger partial charge on any atom is -0.488 e. The van der Waals surface area contributed by atoms with Gasteiger partial charge >= 0.3 is 0 Å². The molecule has 0 amide bonds. The van der Waals surface area contributed by atoms with E-state index in [1.807, 2.05) is 6.07 Å². The van der Waals surface area contributed by atoms with Crippen molar-refractivity contribution in [3.63, 3.8) is 0 Å². The Bertz CT molecular complexity index is 294. The van der Waals surface area contributed by atoms with Crippen LogP contribution in [-0.4, -0.2) is 5.60 Å². The number of benzene rings is 1. The largest absolute Gasteiger partial charge is 0.488 e.